The Kier molecular flexibility index (Phi) is 7.21. The molecule has 198 valence electrons. The third kappa shape index (κ3) is 6.44. The Morgan fingerprint density at radius 1 is 1.16 bits per heavy atom. The van der Waals surface area contributed by atoms with Crippen LogP contribution in [0.3, 0.4) is 0 Å². The molecule has 0 atom stereocenters. The number of carbonyl (C=O) groups excluding carboxylic acids is 2. The monoisotopic (exact) mass is 538 g/mol. The molecular formula is C22H25ClF2N8O4. The van der Waals surface area contributed by atoms with Crippen LogP contribution in [0.15, 0.2) is 29.3 Å². The van der Waals surface area contributed by atoms with Gasteiger partial charge in [0.1, 0.15) is 11.5 Å². The molecule has 1 spiro atoms. The summed E-state index contributed by atoms with van der Waals surface area (Å²) in [7, 11) is 0. The van der Waals surface area contributed by atoms with E-state index in [2.05, 4.69) is 30.3 Å². The number of ether oxygens (including phenoxy) is 2. The standard InChI is InChI=1S/C22H25ClF2N8O4/c1-21(24,25)37-13-4-2-12(3-5-13)36-10-14(34)33-8-6-22(7-9-33)11-28-20(32-22)31-19(35)15-17(26)30-18(27)16(23)29-15/h2-5H,6-11H2,1H3,(H4,26,27,30)(H2,28,31,32,35). The minimum atomic E-state index is -3.29. The molecule has 0 bridgehead atoms. The first-order valence-corrected chi connectivity index (χ1v) is 11.6. The van der Waals surface area contributed by atoms with Crippen LogP contribution in [0.4, 0.5) is 20.4 Å². The third-order valence-electron chi connectivity index (χ3n) is 5.85. The van der Waals surface area contributed by atoms with Crippen molar-refractivity contribution in [2.75, 3.05) is 37.7 Å². The minimum absolute atomic E-state index is 0.0107. The highest BCUT2D eigenvalue weighted by Crippen LogP contribution is 2.26. The van der Waals surface area contributed by atoms with E-state index in [1.54, 1.807) is 4.90 Å². The fourth-order valence-corrected chi connectivity index (χ4v) is 4.07. The molecule has 37 heavy (non-hydrogen) atoms. The third-order valence-corrected chi connectivity index (χ3v) is 6.13. The van der Waals surface area contributed by atoms with E-state index in [1.165, 1.54) is 24.3 Å². The summed E-state index contributed by atoms with van der Waals surface area (Å²) in [4.78, 5) is 38.4. The van der Waals surface area contributed by atoms with Crippen molar-refractivity contribution in [2.24, 2.45) is 4.99 Å². The molecule has 2 saturated heterocycles. The summed E-state index contributed by atoms with van der Waals surface area (Å²) < 4.78 is 35.8. The van der Waals surface area contributed by atoms with Gasteiger partial charge in [0.2, 0.25) is 0 Å². The number of nitrogens with two attached hydrogens (primary N) is 2. The highest BCUT2D eigenvalue weighted by molar-refractivity contribution is 6.31. The van der Waals surface area contributed by atoms with Crippen molar-refractivity contribution in [1.82, 2.24) is 25.5 Å². The Hall–Kier alpha value is -3.94. The van der Waals surface area contributed by atoms with Gasteiger partial charge in [-0.05, 0) is 37.1 Å². The molecule has 2 aliphatic heterocycles. The number of hydrogen-bond acceptors (Lipinski definition) is 8. The maximum atomic E-state index is 12.9. The second-order valence-electron chi connectivity index (χ2n) is 8.71. The van der Waals surface area contributed by atoms with Gasteiger partial charge >= 0.3 is 12.0 Å². The van der Waals surface area contributed by atoms with Crippen molar-refractivity contribution in [3.63, 3.8) is 0 Å². The molecule has 0 aliphatic carbocycles. The molecule has 2 aliphatic rings. The number of halogens is 3. The van der Waals surface area contributed by atoms with E-state index in [0.29, 0.717) is 45.1 Å². The van der Waals surface area contributed by atoms with Crippen LogP contribution in [-0.2, 0) is 4.79 Å². The molecule has 0 unspecified atom stereocenters. The van der Waals surface area contributed by atoms with Gasteiger partial charge in [-0.2, -0.15) is 13.8 Å². The van der Waals surface area contributed by atoms with Gasteiger partial charge in [-0.3, -0.25) is 9.59 Å². The number of guanidine groups is 1. The van der Waals surface area contributed by atoms with Crippen LogP contribution in [0.2, 0.25) is 5.15 Å². The lowest BCUT2D eigenvalue weighted by Gasteiger charge is -2.38. The maximum Gasteiger partial charge on any atom is 0.394 e. The molecule has 2 amide bonds. The SMILES string of the molecule is CC(F)(F)Oc1ccc(OCC(=O)N2CCC3(CC2)CN/C(=N\C(=O)c2nc(Cl)c(N)nc2N)N3)cc1. The van der Waals surface area contributed by atoms with Crippen LogP contribution in [0.25, 0.3) is 0 Å². The number of anilines is 2. The van der Waals surface area contributed by atoms with E-state index in [1.807, 2.05) is 0 Å². The predicted molar refractivity (Wildman–Crippen MR) is 131 cm³/mol. The first kappa shape index (κ1) is 26.1. The maximum absolute atomic E-state index is 12.9. The van der Waals surface area contributed by atoms with Crippen molar-refractivity contribution >= 4 is 41.0 Å². The number of likely N-dealkylation sites (tertiary alicyclic amines) is 1. The molecule has 1 aromatic carbocycles. The number of aromatic nitrogens is 2. The topological polar surface area (TPSA) is 170 Å². The Labute approximate surface area is 215 Å². The van der Waals surface area contributed by atoms with Crippen LogP contribution in [0, 0.1) is 0 Å². The number of hydrogen-bond donors (Lipinski definition) is 4. The summed E-state index contributed by atoms with van der Waals surface area (Å²) in [5, 5.41) is 6.14. The largest absolute Gasteiger partial charge is 0.484 e. The number of piperidine rings is 1. The first-order chi connectivity index (χ1) is 17.4. The summed E-state index contributed by atoms with van der Waals surface area (Å²) >= 11 is 5.83. The number of rotatable bonds is 6. The summed E-state index contributed by atoms with van der Waals surface area (Å²) in [5.74, 6) is -0.596. The first-order valence-electron chi connectivity index (χ1n) is 11.2. The van der Waals surface area contributed by atoms with Crippen molar-refractivity contribution < 1.29 is 27.8 Å². The number of benzene rings is 1. The van der Waals surface area contributed by atoms with Gasteiger partial charge in [0, 0.05) is 26.6 Å². The summed E-state index contributed by atoms with van der Waals surface area (Å²) in [6.07, 6.45) is -2.08. The number of alkyl halides is 2. The highest BCUT2D eigenvalue weighted by atomic mass is 35.5. The Balaban J connectivity index is 1.27. The summed E-state index contributed by atoms with van der Waals surface area (Å²) in [6.45, 7) is 1.88. The minimum Gasteiger partial charge on any atom is -0.484 e. The predicted octanol–water partition coefficient (Wildman–Crippen LogP) is 1.42. The van der Waals surface area contributed by atoms with Crippen LogP contribution < -0.4 is 31.6 Å². The zero-order chi connectivity index (χ0) is 26.8. The number of amides is 2. The molecule has 15 heteroatoms. The van der Waals surface area contributed by atoms with Gasteiger partial charge < -0.3 is 36.5 Å². The molecule has 2 aromatic rings. The van der Waals surface area contributed by atoms with E-state index >= 15 is 0 Å². The quantitative estimate of drug-likeness (QED) is 0.421. The number of carbonyl (C=O) groups is 2. The zero-order valence-electron chi connectivity index (χ0n) is 19.8. The van der Waals surface area contributed by atoms with E-state index in [4.69, 9.17) is 27.8 Å². The summed E-state index contributed by atoms with van der Waals surface area (Å²) in [5.41, 5.74) is 10.7. The molecular weight excluding hydrogens is 514 g/mol. The van der Waals surface area contributed by atoms with Gasteiger partial charge in [0.05, 0.1) is 5.54 Å². The normalized spacial score (nSPS) is 17.8. The molecule has 1 aromatic heterocycles. The molecule has 4 rings (SSSR count). The number of nitrogen functional groups attached to an aromatic ring is 2. The molecule has 0 radical (unpaired) electrons. The van der Waals surface area contributed by atoms with E-state index in [9.17, 15) is 18.4 Å². The van der Waals surface area contributed by atoms with Gasteiger partial charge in [-0.1, -0.05) is 11.6 Å². The van der Waals surface area contributed by atoms with Crippen LogP contribution in [-0.4, -0.2) is 70.5 Å². The summed E-state index contributed by atoms with van der Waals surface area (Å²) in [6, 6.07) is 5.58. The van der Waals surface area contributed by atoms with E-state index in [0.717, 1.165) is 0 Å². The number of aliphatic imine (C=N–C) groups is 1. The lowest BCUT2D eigenvalue weighted by atomic mass is 9.88. The lowest BCUT2D eigenvalue weighted by Crippen LogP contribution is -2.54. The van der Waals surface area contributed by atoms with Crippen molar-refractivity contribution in [2.45, 2.75) is 31.4 Å². The fraction of sp³-hybridized carbons (Fsp3) is 0.409. The average molecular weight is 539 g/mol. The highest BCUT2D eigenvalue weighted by Gasteiger charge is 2.40. The number of nitrogens with zero attached hydrogens (tertiary/aromatic N) is 4. The van der Waals surface area contributed by atoms with Crippen molar-refractivity contribution in [3.8, 4) is 11.5 Å². The second-order valence-corrected chi connectivity index (χ2v) is 9.07. The fourth-order valence-electron chi connectivity index (χ4n) is 3.95. The Morgan fingerprint density at radius 2 is 1.81 bits per heavy atom. The number of nitrogens with one attached hydrogen (secondary N) is 2. The molecule has 12 nitrogen and oxygen atoms in total. The van der Waals surface area contributed by atoms with Gasteiger partial charge in [-0.25, -0.2) is 9.97 Å². The van der Waals surface area contributed by atoms with Crippen LogP contribution in [0.1, 0.15) is 30.3 Å². The molecule has 6 N–H and O–H groups in total. The Bertz CT molecular complexity index is 1210. The zero-order valence-corrected chi connectivity index (χ0v) is 20.5. The van der Waals surface area contributed by atoms with Gasteiger partial charge in [-0.15, -0.1) is 0 Å². The van der Waals surface area contributed by atoms with E-state index in [-0.39, 0.29) is 52.2 Å². The van der Waals surface area contributed by atoms with Crippen molar-refractivity contribution in [3.05, 3.63) is 35.1 Å². The Morgan fingerprint density at radius 3 is 2.46 bits per heavy atom. The second kappa shape index (κ2) is 10.2. The van der Waals surface area contributed by atoms with Gasteiger partial charge in [0.15, 0.2) is 35.0 Å². The van der Waals surface area contributed by atoms with Gasteiger partial charge in [0.25, 0.3) is 5.91 Å². The average Bonchev–Trinajstić information content (AvgIpc) is 3.21. The molecule has 2 fully saturated rings. The van der Waals surface area contributed by atoms with Crippen LogP contribution in [0.5, 0.6) is 11.5 Å². The van der Waals surface area contributed by atoms with Crippen molar-refractivity contribution in [1.29, 1.82) is 0 Å². The molecule has 3 heterocycles. The smallest absolute Gasteiger partial charge is 0.394 e. The van der Waals surface area contributed by atoms with Crippen LogP contribution >= 0.6 is 11.6 Å². The molecule has 0 saturated carbocycles. The lowest BCUT2D eigenvalue weighted by molar-refractivity contribution is -0.159. The van der Waals surface area contributed by atoms with E-state index < -0.39 is 12.0 Å².